The van der Waals surface area contributed by atoms with Gasteiger partial charge in [0, 0.05) is 5.69 Å². The van der Waals surface area contributed by atoms with E-state index < -0.39 is 31.5 Å². The molecule has 0 saturated carbocycles. The largest absolute Gasteiger partial charge is 0.345 e. The first-order chi connectivity index (χ1) is 12.6. The van der Waals surface area contributed by atoms with Crippen molar-refractivity contribution in [2.45, 2.75) is 23.6 Å². The van der Waals surface area contributed by atoms with Gasteiger partial charge in [0.1, 0.15) is 17.0 Å². The van der Waals surface area contributed by atoms with Crippen LogP contribution in [0.5, 0.6) is 0 Å². The highest BCUT2D eigenvalue weighted by molar-refractivity contribution is 7.92. The average molecular weight is 407 g/mol. The molecular formula is C17H17N3O5S2. The Balaban J connectivity index is 1.83. The van der Waals surface area contributed by atoms with Crippen molar-refractivity contribution in [1.29, 1.82) is 0 Å². The fourth-order valence-electron chi connectivity index (χ4n) is 2.52. The molecule has 0 aromatic heterocycles. The van der Waals surface area contributed by atoms with Crippen molar-refractivity contribution in [3.05, 3.63) is 47.5 Å². The molecule has 142 valence electrons. The Morgan fingerprint density at radius 1 is 1.11 bits per heavy atom. The van der Waals surface area contributed by atoms with Gasteiger partial charge >= 0.3 is 0 Å². The number of nitrogens with one attached hydrogen (secondary N) is 2. The number of nitrogens with zero attached hydrogens (tertiary/aromatic N) is 1. The Bertz CT molecular complexity index is 1170. The third-order valence-corrected chi connectivity index (χ3v) is 7.00. The number of carbonyl (C=O) groups is 1. The van der Waals surface area contributed by atoms with Crippen molar-refractivity contribution in [3.8, 4) is 0 Å². The molecular weight excluding hydrogens is 390 g/mol. The number of sulfonamides is 1. The second kappa shape index (κ2) is 6.78. The summed E-state index contributed by atoms with van der Waals surface area (Å²) in [6.45, 7) is 3.81. The molecule has 0 bridgehead atoms. The van der Waals surface area contributed by atoms with Crippen molar-refractivity contribution in [2.75, 3.05) is 16.4 Å². The summed E-state index contributed by atoms with van der Waals surface area (Å²) in [7, 11) is -8.01. The average Bonchev–Trinajstić information content (AvgIpc) is 2.57. The summed E-state index contributed by atoms with van der Waals surface area (Å²) in [6.07, 6.45) is 1.02. The topological polar surface area (TPSA) is 122 Å². The summed E-state index contributed by atoms with van der Waals surface area (Å²) in [5.74, 6) is -1.52. The number of rotatable bonds is 4. The summed E-state index contributed by atoms with van der Waals surface area (Å²) in [4.78, 5) is 11.7. The second-order valence-electron chi connectivity index (χ2n) is 6.12. The maximum Gasteiger partial charge on any atom is 0.285 e. The van der Waals surface area contributed by atoms with Crippen LogP contribution in [-0.4, -0.2) is 34.8 Å². The van der Waals surface area contributed by atoms with Gasteiger partial charge in [0.2, 0.25) is 5.91 Å². The number of carbonyl (C=O) groups excluding carboxylic acids is 1. The first-order valence-electron chi connectivity index (χ1n) is 7.88. The van der Waals surface area contributed by atoms with Crippen LogP contribution in [0.25, 0.3) is 0 Å². The van der Waals surface area contributed by atoms with E-state index in [9.17, 15) is 21.6 Å². The zero-order chi connectivity index (χ0) is 19.8. The zero-order valence-corrected chi connectivity index (χ0v) is 16.2. The Hall–Kier alpha value is -2.72. The minimum atomic E-state index is -4.04. The molecule has 8 nitrogen and oxygen atoms in total. The van der Waals surface area contributed by atoms with E-state index in [0.717, 1.165) is 23.5 Å². The molecule has 2 aromatic carbocycles. The van der Waals surface area contributed by atoms with Gasteiger partial charge in [-0.05, 0) is 55.3 Å². The molecule has 2 N–H and O–H groups in total. The van der Waals surface area contributed by atoms with E-state index in [1.807, 2.05) is 19.9 Å². The van der Waals surface area contributed by atoms with Gasteiger partial charge in [0.05, 0.1) is 10.6 Å². The minimum Gasteiger partial charge on any atom is -0.345 e. The minimum absolute atomic E-state index is 0.225. The number of amides is 1. The molecule has 3 rings (SSSR count). The quantitative estimate of drug-likeness (QED) is 0.798. The number of anilines is 2. The molecule has 1 aliphatic rings. The van der Waals surface area contributed by atoms with Gasteiger partial charge in [0.25, 0.3) is 10.0 Å². The van der Waals surface area contributed by atoms with E-state index >= 15 is 0 Å². The third kappa shape index (κ3) is 4.01. The van der Waals surface area contributed by atoms with Crippen LogP contribution >= 0.6 is 0 Å². The number of hydrogen-bond acceptors (Lipinski definition) is 6. The fourth-order valence-corrected chi connectivity index (χ4v) is 4.74. The first-order valence-corrected chi connectivity index (χ1v) is 11.0. The van der Waals surface area contributed by atoms with Gasteiger partial charge < -0.3 is 10.6 Å². The van der Waals surface area contributed by atoms with Crippen molar-refractivity contribution in [1.82, 2.24) is 0 Å². The van der Waals surface area contributed by atoms with Crippen LogP contribution in [0.1, 0.15) is 11.1 Å². The molecule has 1 aliphatic heterocycles. The molecule has 1 heterocycles. The molecule has 0 saturated heterocycles. The standard InChI is InChI=1S/C17H17N3O5S2/c1-11-3-4-13(7-12(11)2)20-17(21)9-26(22,23)14-5-6-15-16(8-14)27(24,25)19-10-18-15/h3-8,10H,9H2,1-2H3,(H,18,19)(H,20,21). The van der Waals surface area contributed by atoms with Crippen LogP contribution < -0.4 is 10.6 Å². The molecule has 0 spiro atoms. The van der Waals surface area contributed by atoms with E-state index in [-0.39, 0.29) is 15.5 Å². The smallest absolute Gasteiger partial charge is 0.285 e. The van der Waals surface area contributed by atoms with E-state index in [2.05, 4.69) is 15.0 Å². The van der Waals surface area contributed by atoms with Gasteiger partial charge in [-0.2, -0.15) is 8.42 Å². The van der Waals surface area contributed by atoms with E-state index in [1.54, 1.807) is 12.1 Å². The Labute approximate surface area is 157 Å². The molecule has 0 atom stereocenters. The van der Waals surface area contributed by atoms with Crippen LogP contribution in [0.4, 0.5) is 11.4 Å². The molecule has 10 heteroatoms. The van der Waals surface area contributed by atoms with Gasteiger partial charge in [-0.25, -0.2) is 8.42 Å². The van der Waals surface area contributed by atoms with Gasteiger partial charge in [-0.15, -0.1) is 4.40 Å². The number of hydrogen-bond donors (Lipinski definition) is 2. The summed E-state index contributed by atoms with van der Waals surface area (Å²) in [6, 6.07) is 8.83. The lowest BCUT2D eigenvalue weighted by molar-refractivity contribution is -0.113. The van der Waals surface area contributed by atoms with Crippen LogP contribution in [0.2, 0.25) is 0 Å². The van der Waals surface area contributed by atoms with E-state index in [0.29, 0.717) is 5.69 Å². The molecule has 0 unspecified atom stereocenters. The van der Waals surface area contributed by atoms with Crippen LogP contribution in [0.15, 0.2) is 50.6 Å². The van der Waals surface area contributed by atoms with Gasteiger partial charge in [0.15, 0.2) is 9.84 Å². The number of fused-ring (bicyclic) bond motifs is 1. The molecule has 2 aromatic rings. The number of aryl methyl sites for hydroxylation is 2. The molecule has 1 amide bonds. The summed E-state index contributed by atoms with van der Waals surface area (Å²) in [5.41, 5.74) is 2.73. The van der Waals surface area contributed by atoms with E-state index in [4.69, 9.17) is 0 Å². The molecule has 0 aliphatic carbocycles. The molecule has 27 heavy (non-hydrogen) atoms. The fraction of sp³-hybridized carbons (Fsp3) is 0.176. The van der Waals surface area contributed by atoms with Crippen molar-refractivity contribution in [3.63, 3.8) is 0 Å². The predicted octanol–water partition coefficient (Wildman–Crippen LogP) is 1.86. The lowest BCUT2D eigenvalue weighted by Crippen LogP contribution is -2.23. The molecule has 0 radical (unpaired) electrons. The van der Waals surface area contributed by atoms with Crippen molar-refractivity contribution in [2.24, 2.45) is 4.40 Å². The zero-order valence-electron chi connectivity index (χ0n) is 14.6. The third-order valence-electron chi connectivity index (χ3n) is 4.11. The second-order valence-corrected chi connectivity index (χ2v) is 9.71. The van der Waals surface area contributed by atoms with Gasteiger partial charge in [-0.3, -0.25) is 4.79 Å². The maximum atomic E-state index is 12.5. The van der Waals surface area contributed by atoms with Crippen molar-refractivity contribution >= 4 is 43.5 Å². The van der Waals surface area contributed by atoms with Crippen LogP contribution in [-0.2, 0) is 24.7 Å². The number of sulfone groups is 1. The summed E-state index contributed by atoms with van der Waals surface area (Å²) < 4.78 is 52.3. The Kier molecular flexibility index (Phi) is 4.79. The Morgan fingerprint density at radius 3 is 2.56 bits per heavy atom. The normalized spacial score (nSPS) is 14.9. The SMILES string of the molecule is Cc1ccc(NC(=O)CS(=O)(=O)c2ccc3c(c2)S(=O)(=O)N=CN3)cc1C. The van der Waals surface area contributed by atoms with E-state index in [1.165, 1.54) is 12.1 Å². The highest BCUT2D eigenvalue weighted by Crippen LogP contribution is 2.28. The monoisotopic (exact) mass is 407 g/mol. The number of benzene rings is 2. The highest BCUT2D eigenvalue weighted by Gasteiger charge is 2.26. The Morgan fingerprint density at radius 2 is 1.85 bits per heavy atom. The maximum absolute atomic E-state index is 12.5. The predicted molar refractivity (Wildman–Crippen MR) is 102 cm³/mol. The lowest BCUT2D eigenvalue weighted by Gasteiger charge is -2.14. The summed E-state index contributed by atoms with van der Waals surface area (Å²) in [5, 5.41) is 5.18. The van der Waals surface area contributed by atoms with Gasteiger partial charge in [-0.1, -0.05) is 6.07 Å². The summed E-state index contributed by atoms with van der Waals surface area (Å²) >= 11 is 0. The first kappa shape index (κ1) is 19.1. The lowest BCUT2D eigenvalue weighted by atomic mass is 10.1. The molecule has 0 fully saturated rings. The van der Waals surface area contributed by atoms with Crippen LogP contribution in [0, 0.1) is 13.8 Å². The highest BCUT2D eigenvalue weighted by atomic mass is 32.2. The van der Waals surface area contributed by atoms with Crippen molar-refractivity contribution < 1.29 is 21.6 Å². The van der Waals surface area contributed by atoms with Crippen LogP contribution in [0.3, 0.4) is 0 Å².